The van der Waals surface area contributed by atoms with Crippen LogP contribution in [-0.2, 0) is 31.9 Å². The van der Waals surface area contributed by atoms with Gasteiger partial charge in [0, 0.05) is 27.9 Å². The van der Waals surface area contributed by atoms with Gasteiger partial charge in [-0.3, -0.25) is 14.6 Å². The van der Waals surface area contributed by atoms with E-state index in [0.29, 0.717) is 18.7 Å². The van der Waals surface area contributed by atoms with Gasteiger partial charge in [0.2, 0.25) is 6.41 Å². The molecule has 45 heavy (non-hydrogen) atoms. The molecule has 0 saturated heterocycles. The van der Waals surface area contributed by atoms with E-state index >= 15 is 0 Å². The van der Waals surface area contributed by atoms with Crippen molar-refractivity contribution >= 4 is 47.6 Å². The molecular weight excluding hydrogens is 613 g/mol. The molecule has 2 amide bonds. The summed E-state index contributed by atoms with van der Waals surface area (Å²) in [6.07, 6.45) is 7.11. The van der Waals surface area contributed by atoms with Gasteiger partial charge in [-0.15, -0.1) is 0 Å². The molecule has 2 aromatic carbocycles. The number of rotatable bonds is 11. The Hall–Kier alpha value is -3.04. The number of aryl methyl sites for hydroxylation is 1. The molecule has 2 N–H and O–H groups in total. The number of amides is 2. The Bertz CT molecular complexity index is 1100. The van der Waals surface area contributed by atoms with E-state index in [4.69, 9.17) is 27.9 Å². The van der Waals surface area contributed by atoms with Gasteiger partial charge in [-0.2, -0.15) is 0 Å². The van der Waals surface area contributed by atoms with E-state index < -0.39 is 11.9 Å². The first-order chi connectivity index (χ1) is 21.5. The van der Waals surface area contributed by atoms with Gasteiger partial charge >= 0.3 is 0 Å². The number of benzene rings is 2. The summed E-state index contributed by atoms with van der Waals surface area (Å²) in [7, 11) is 4.87. The maximum atomic E-state index is 12.5. The summed E-state index contributed by atoms with van der Waals surface area (Å²) in [5, 5.41) is 5.61. The lowest BCUT2D eigenvalue weighted by Crippen LogP contribution is -2.37. The molecule has 1 atom stereocenters. The summed E-state index contributed by atoms with van der Waals surface area (Å²) in [6, 6.07) is 12.2. The molecule has 0 heterocycles. The van der Waals surface area contributed by atoms with E-state index in [1.807, 2.05) is 79.7 Å². The fourth-order valence-electron chi connectivity index (χ4n) is 3.24. The van der Waals surface area contributed by atoms with Crippen LogP contribution in [0.2, 0.25) is 10.0 Å². The van der Waals surface area contributed by atoms with Gasteiger partial charge in [-0.05, 0) is 76.3 Å². The van der Waals surface area contributed by atoms with Crippen LogP contribution in [0.25, 0.3) is 0 Å². The highest BCUT2D eigenvalue weighted by atomic mass is 35.5. The zero-order chi connectivity index (χ0) is 35.3. The molecule has 10 heteroatoms. The molecule has 0 aliphatic rings. The monoisotopic (exact) mass is 667 g/mol. The standard InChI is InChI=1S/C23H27Cl2NO3.C6H10N2O.C2H6O.2C2H6/c1-23(2,3)29-13-5-6-16-9-11-17(12-10-16)14-18(15-27)26-22(28)21-19(24)7-4-8-20(21)25;1-3-4-6(7-2)8-5-9;1-3-2;2*1-2/h4,7-12,15,18H,5-6,13-14H2,1-3H3,(H,26,28);3-5H,1-2H3,(H,7,8,9);1-2H3;2*1-2H3/b;4-3-;;;. The van der Waals surface area contributed by atoms with Crippen molar-refractivity contribution in [3.8, 4) is 0 Å². The topological polar surface area (TPSA) is 106 Å². The van der Waals surface area contributed by atoms with Crippen molar-refractivity contribution in [1.82, 2.24) is 10.6 Å². The molecule has 0 spiro atoms. The van der Waals surface area contributed by atoms with Crippen LogP contribution in [0.15, 0.2) is 59.6 Å². The Morgan fingerprint density at radius 1 is 0.956 bits per heavy atom. The minimum atomic E-state index is -0.666. The number of nitrogens with zero attached hydrogens (tertiary/aromatic N) is 1. The highest BCUT2D eigenvalue weighted by Crippen LogP contribution is 2.24. The Morgan fingerprint density at radius 3 is 1.89 bits per heavy atom. The third kappa shape index (κ3) is 23.9. The minimum absolute atomic E-state index is 0.119. The Morgan fingerprint density at radius 2 is 1.47 bits per heavy atom. The average molecular weight is 669 g/mol. The van der Waals surface area contributed by atoms with E-state index in [0.717, 1.165) is 31.3 Å². The van der Waals surface area contributed by atoms with Gasteiger partial charge in [0.1, 0.15) is 12.1 Å². The lowest BCUT2D eigenvalue weighted by Gasteiger charge is -2.19. The number of carbonyl (C=O) groups is 3. The predicted octanol–water partition coefficient (Wildman–Crippen LogP) is 7.93. The minimum Gasteiger partial charge on any atom is -0.388 e. The SMILES string of the molecule is C/C=C\C(=NC)NC=O.CC.CC.CC(C)(C)OCCCc1ccc(CC(C=O)NC(=O)c2c(Cl)cccc2Cl)cc1.COC. The quantitative estimate of drug-likeness (QED) is 0.110. The third-order valence-electron chi connectivity index (χ3n) is 5.07. The molecule has 0 fully saturated rings. The van der Waals surface area contributed by atoms with Crippen LogP contribution in [0, 0.1) is 0 Å². The zero-order valence-corrected chi connectivity index (χ0v) is 30.5. The second-order valence-electron chi connectivity index (χ2n) is 9.68. The Kier molecular flexibility index (Phi) is 30.6. The van der Waals surface area contributed by atoms with Gasteiger partial charge in [-0.1, -0.05) is 87.3 Å². The summed E-state index contributed by atoms with van der Waals surface area (Å²) >= 11 is 12.1. The summed E-state index contributed by atoms with van der Waals surface area (Å²) in [5.74, 6) is 0.112. The highest BCUT2D eigenvalue weighted by molar-refractivity contribution is 6.39. The number of allylic oxidation sites excluding steroid dienone is 1. The second-order valence-corrected chi connectivity index (χ2v) is 10.5. The van der Waals surface area contributed by atoms with E-state index in [1.165, 1.54) is 5.56 Å². The fourth-order valence-corrected chi connectivity index (χ4v) is 3.81. The number of ether oxygens (including phenoxy) is 2. The first-order valence-corrected chi connectivity index (χ1v) is 15.8. The van der Waals surface area contributed by atoms with Crippen molar-refractivity contribution in [3.63, 3.8) is 0 Å². The van der Waals surface area contributed by atoms with Gasteiger partial charge in [0.25, 0.3) is 5.91 Å². The smallest absolute Gasteiger partial charge is 0.254 e. The van der Waals surface area contributed by atoms with Crippen LogP contribution >= 0.6 is 23.2 Å². The van der Waals surface area contributed by atoms with Crippen molar-refractivity contribution < 1.29 is 23.9 Å². The van der Waals surface area contributed by atoms with Gasteiger partial charge < -0.3 is 24.9 Å². The van der Waals surface area contributed by atoms with Gasteiger partial charge in [0.15, 0.2) is 0 Å². The molecule has 1 unspecified atom stereocenters. The molecule has 0 saturated carbocycles. The van der Waals surface area contributed by atoms with Crippen LogP contribution in [0.3, 0.4) is 0 Å². The van der Waals surface area contributed by atoms with Crippen molar-refractivity contribution in [2.75, 3.05) is 27.9 Å². The Labute approximate surface area is 282 Å². The average Bonchev–Trinajstić information content (AvgIpc) is 3.02. The second kappa shape index (κ2) is 29.7. The number of aldehydes is 1. The van der Waals surface area contributed by atoms with E-state index in [-0.39, 0.29) is 21.2 Å². The normalized spacial score (nSPS) is 11.1. The van der Waals surface area contributed by atoms with Gasteiger partial charge in [0.05, 0.1) is 27.3 Å². The molecule has 254 valence electrons. The molecular formula is C35H55Cl2N3O5. The molecule has 0 aliphatic carbocycles. The van der Waals surface area contributed by atoms with Crippen molar-refractivity contribution in [1.29, 1.82) is 0 Å². The van der Waals surface area contributed by atoms with Crippen LogP contribution in [-0.4, -0.2) is 64.0 Å². The maximum Gasteiger partial charge on any atom is 0.254 e. The molecule has 0 aromatic heterocycles. The van der Waals surface area contributed by atoms with Crippen LogP contribution < -0.4 is 10.6 Å². The molecule has 0 aliphatic heterocycles. The lowest BCUT2D eigenvalue weighted by molar-refractivity contribution is -0.109. The van der Waals surface area contributed by atoms with Crippen molar-refractivity contribution in [2.45, 2.75) is 86.3 Å². The lowest BCUT2D eigenvalue weighted by atomic mass is 10.0. The molecule has 0 radical (unpaired) electrons. The van der Waals surface area contributed by atoms with E-state index in [9.17, 15) is 14.4 Å². The maximum absolute atomic E-state index is 12.5. The number of halogens is 2. The van der Waals surface area contributed by atoms with Crippen LogP contribution in [0.1, 0.15) is 83.3 Å². The molecule has 2 aromatic rings. The summed E-state index contributed by atoms with van der Waals surface area (Å²) < 4.78 is 9.98. The summed E-state index contributed by atoms with van der Waals surface area (Å²) in [6.45, 7) is 16.7. The number of aliphatic imine (C=N–C) groups is 1. The predicted molar refractivity (Wildman–Crippen MR) is 191 cm³/mol. The number of methoxy groups -OCH3 is 1. The number of hydrogen-bond acceptors (Lipinski definition) is 6. The number of carbonyl (C=O) groups excluding carboxylic acids is 3. The first kappa shape index (κ1) is 46.4. The van der Waals surface area contributed by atoms with Crippen molar-refractivity contribution in [3.05, 3.63) is 81.4 Å². The summed E-state index contributed by atoms with van der Waals surface area (Å²) in [4.78, 5) is 37.5. The molecule has 2 rings (SSSR count). The van der Waals surface area contributed by atoms with E-state index in [1.54, 1.807) is 51.6 Å². The molecule has 0 bridgehead atoms. The fraction of sp³-hybridized carbons (Fsp3) is 0.486. The van der Waals surface area contributed by atoms with Crippen LogP contribution in [0.4, 0.5) is 0 Å². The number of nitrogens with one attached hydrogen (secondary N) is 2. The zero-order valence-electron chi connectivity index (χ0n) is 29.0. The van der Waals surface area contributed by atoms with Crippen molar-refractivity contribution in [2.24, 2.45) is 4.99 Å². The van der Waals surface area contributed by atoms with Crippen LogP contribution in [0.5, 0.6) is 0 Å². The number of hydrogen-bond donors (Lipinski definition) is 2. The third-order valence-corrected chi connectivity index (χ3v) is 5.70. The Balaban J connectivity index is -0.000000920. The highest BCUT2D eigenvalue weighted by Gasteiger charge is 2.18. The van der Waals surface area contributed by atoms with E-state index in [2.05, 4.69) is 20.4 Å². The largest absolute Gasteiger partial charge is 0.388 e. The molecule has 8 nitrogen and oxygen atoms in total. The first-order valence-electron chi connectivity index (χ1n) is 15.1. The number of amidine groups is 1. The summed E-state index contributed by atoms with van der Waals surface area (Å²) in [5.41, 5.74) is 2.23. The van der Waals surface area contributed by atoms with Gasteiger partial charge in [-0.25, -0.2) is 0 Å².